The Morgan fingerprint density at radius 1 is 1.35 bits per heavy atom. The molecule has 0 atom stereocenters. The van der Waals surface area contributed by atoms with Gasteiger partial charge in [0.25, 0.3) is 0 Å². The second kappa shape index (κ2) is 3.44. The van der Waals surface area contributed by atoms with Crippen LogP contribution in [0.15, 0.2) is 30.6 Å². The zero-order valence-electron chi connectivity index (χ0n) is 8.64. The number of rotatable bonds is 2. The van der Waals surface area contributed by atoms with Gasteiger partial charge in [0, 0.05) is 17.1 Å². The Hall–Kier alpha value is -2.63. The summed E-state index contributed by atoms with van der Waals surface area (Å²) in [6.45, 7) is 0. The maximum Gasteiger partial charge on any atom is 0.335 e. The van der Waals surface area contributed by atoms with Crippen molar-refractivity contribution in [1.29, 1.82) is 0 Å². The highest BCUT2D eigenvalue weighted by Crippen LogP contribution is 2.26. The number of carboxylic acid groups (broad SMARTS) is 1. The Balaban J connectivity index is 2.26. The summed E-state index contributed by atoms with van der Waals surface area (Å²) in [6.07, 6.45) is 3.35. The number of H-pyrrole nitrogens is 2. The zero-order chi connectivity index (χ0) is 11.8. The first-order chi connectivity index (χ1) is 8.25. The lowest BCUT2D eigenvalue weighted by Crippen LogP contribution is -1.94. The van der Waals surface area contributed by atoms with E-state index >= 15 is 0 Å². The Morgan fingerprint density at radius 3 is 2.94 bits per heavy atom. The summed E-state index contributed by atoms with van der Waals surface area (Å²) in [5.41, 5.74) is 2.55. The van der Waals surface area contributed by atoms with Crippen molar-refractivity contribution in [2.24, 2.45) is 0 Å². The van der Waals surface area contributed by atoms with Crippen LogP contribution in [0.5, 0.6) is 0 Å². The van der Waals surface area contributed by atoms with Crippen LogP contribution in [0.1, 0.15) is 10.4 Å². The van der Waals surface area contributed by atoms with Crippen molar-refractivity contribution in [1.82, 2.24) is 20.4 Å². The number of carboxylic acids is 1. The monoisotopic (exact) mass is 228 g/mol. The third kappa shape index (κ3) is 1.46. The van der Waals surface area contributed by atoms with Crippen molar-refractivity contribution >= 4 is 16.9 Å². The number of hydrogen-bond acceptors (Lipinski definition) is 3. The first-order valence-electron chi connectivity index (χ1n) is 4.96. The molecule has 2 aromatic heterocycles. The first kappa shape index (κ1) is 9.59. The Labute approximate surface area is 95.3 Å². The fraction of sp³-hybridized carbons (Fsp3) is 0. The highest BCUT2D eigenvalue weighted by molar-refractivity contribution is 5.98. The van der Waals surface area contributed by atoms with E-state index in [1.54, 1.807) is 30.6 Å². The van der Waals surface area contributed by atoms with Gasteiger partial charge in [0.05, 0.1) is 17.3 Å². The summed E-state index contributed by atoms with van der Waals surface area (Å²) in [5.74, 6) is -0.953. The van der Waals surface area contributed by atoms with Crippen LogP contribution in [-0.2, 0) is 0 Å². The molecule has 1 aromatic carbocycles. The summed E-state index contributed by atoms with van der Waals surface area (Å²) in [6, 6.07) is 4.85. The minimum absolute atomic E-state index is 0.239. The van der Waals surface area contributed by atoms with Gasteiger partial charge in [0.1, 0.15) is 5.69 Å². The van der Waals surface area contributed by atoms with E-state index in [1.807, 2.05) is 0 Å². The number of benzene rings is 1. The van der Waals surface area contributed by atoms with Crippen LogP contribution in [0.2, 0.25) is 0 Å². The molecule has 17 heavy (non-hydrogen) atoms. The Morgan fingerprint density at radius 2 is 2.24 bits per heavy atom. The van der Waals surface area contributed by atoms with E-state index in [0.29, 0.717) is 5.69 Å². The third-order valence-corrected chi connectivity index (χ3v) is 2.58. The summed E-state index contributed by atoms with van der Waals surface area (Å²) in [7, 11) is 0. The number of nitrogens with zero attached hydrogens (tertiary/aromatic N) is 2. The van der Waals surface area contributed by atoms with Gasteiger partial charge in [-0.1, -0.05) is 0 Å². The molecule has 0 bridgehead atoms. The lowest BCUT2D eigenvalue weighted by atomic mass is 10.1. The van der Waals surface area contributed by atoms with Crippen LogP contribution in [0.3, 0.4) is 0 Å². The van der Waals surface area contributed by atoms with Crippen LogP contribution in [-0.4, -0.2) is 31.5 Å². The molecule has 0 aliphatic heterocycles. The molecule has 3 aromatic rings. The number of nitrogens with one attached hydrogen (secondary N) is 2. The maximum absolute atomic E-state index is 10.9. The number of aromatic nitrogens is 4. The molecular formula is C11H8N4O2. The summed E-state index contributed by atoms with van der Waals surface area (Å²) in [4.78, 5) is 10.9. The van der Waals surface area contributed by atoms with E-state index in [9.17, 15) is 4.79 Å². The predicted octanol–water partition coefficient (Wildman–Crippen LogP) is 1.65. The van der Waals surface area contributed by atoms with E-state index < -0.39 is 5.97 Å². The van der Waals surface area contributed by atoms with Crippen molar-refractivity contribution in [3.8, 4) is 11.3 Å². The molecule has 0 spiro atoms. The van der Waals surface area contributed by atoms with Gasteiger partial charge in [-0.3, -0.25) is 10.2 Å². The van der Waals surface area contributed by atoms with Crippen molar-refractivity contribution in [2.75, 3.05) is 0 Å². The normalized spacial score (nSPS) is 10.8. The zero-order valence-corrected chi connectivity index (χ0v) is 8.64. The lowest BCUT2D eigenvalue weighted by molar-refractivity contribution is 0.0697. The standard InChI is InChI=1S/C11H8N4O2/c16-11(17)6-1-2-9-8(3-6)10(15-14-9)7-4-12-13-5-7/h1-5H,(H,12,13)(H,14,15)(H,16,17). The van der Waals surface area contributed by atoms with Crippen LogP contribution in [0.4, 0.5) is 0 Å². The number of fused-ring (bicyclic) bond motifs is 1. The molecule has 0 aliphatic rings. The molecule has 3 rings (SSSR count). The van der Waals surface area contributed by atoms with Gasteiger partial charge in [-0.2, -0.15) is 10.2 Å². The topological polar surface area (TPSA) is 94.7 Å². The third-order valence-electron chi connectivity index (χ3n) is 2.58. The van der Waals surface area contributed by atoms with Gasteiger partial charge in [0.15, 0.2) is 0 Å². The van der Waals surface area contributed by atoms with Crippen molar-refractivity contribution in [2.45, 2.75) is 0 Å². The molecule has 3 N–H and O–H groups in total. The molecule has 0 unspecified atom stereocenters. The second-order valence-electron chi connectivity index (χ2n) is 3.62. The Bertz CT molecular complexity index is 685. The van der Waals surface area contributed by atoms with Crippen LogP contribution in [0.25, 0.3) is 22.2 Å². The number of carbonyl (C=O) groups is 1. The van der Waals surface area contributed by atoms with Crippen molar-refractivity contribution in [3.63, 3.8) is 0 Å². The smallest absolute Gasteiger partial charge is 0.335 e. The first-order valence-corrected chi connectivity index (χ1v) is 4.96. The van der Waals surface area contributed by atoms with Gasteiger partial charge >= 0.3 is 5.97 Å². The van der Waals surface area contributed by atoms with Crippen LogP contribution < -0.4 is 0 Å². The fourth-order valence-corrected chi connectivity index (χ4v) is 1.75. The van der Waals surface area contributed by atoms with Crippen molar-refractivity contribution in [3.05, 3.63) is 36.2 Å². The van der Waals surface area contributed by atoms with E-state index in [1.165, 1.54) is 0 Å². The quantitative estimate of drug-likeness (QED) is 0.621. The van der Waals surface area contributed by atoms with Gasteiger partial charge in [0.2, 0.25) is 0 Å². The molecule has 2 heterocycles. The largest absolute Gasteiger partial charge is 0.478 e. The minimum Gasteiger partial charge on any atom is -0.478 e. The van der Waals surface area contributed by atoms with Crippen LogP contribution >= 0.6 is 0 Å². The molecule has 0 amide bonds. The molecule has 0 fully saturated rings. The molecule has 0 saturated heterocycles. The summed E-state index contributed by atoms with van der Waals surface area (Å²) < 4.78 is 0. The maximum atomic E-state index is 10.9. The van der Waals surface area contributed by atoms with Gasteiger partial charge in [-0.25, -0.2) is 4.79 Å². The van der Waals surface area contributed by atoms with Crippen molar-refractivity contribution < 1.29 is 9.90 Å². The SMILES string of the molecule is O=C(O)c1ccc2[nH]nc(-c3cn[nH]c3)c2c1. The second-order valence-corrected chi connectivity index (χ2v) is 3.62. The van der Waals surface area contributed by atoms with E-state index in [2.05, 4.69) is 20.4 Å². The molecule has 6 nitrogen and oxygen atoms in total. The highest BCUT2D eigenvalue weighted by atomic mass is 16.4. The highest BCUT2D eigenvalue weighted by Gasteiger charge is 2.11. The van der Waals surface area contributed by atoms with E-state index in [0.717, 1.165) is 16.5 Å². The van der Waals surface area contributed by atoms with Gasteiger partial charge < -0.3 is 5.11 Å². The number of aromatic carboxylic acids is 1. The molecule has 0 radical (unpaired) electrons. The van der Waals surface area contributed by atoms with Gasteiger partial charge in [-0.15, -0.1) is 0 Å². The fourth-order valence-electron chi connectivity index (χ4n) is 1.75. The molecule has 6 heteroatoms. The predicted molar refractivity (Wildman–Crippen MR) is 60.6 cm³/mol. The summed E-state index contributed by atoms with van der Waals surface area (Å²) in [5, 5.41) is 23.3. The average Bonchev–Trinajstić information content (AvgIpc) is 2.96. The number of aromatic amines is 2. The minimum atomic E-state index is -0.953. The molecule has 84 valence electrons. The van der Waals surface area contributed by atoms with E-state index in [-0.39, 0.29) is 5.56 Å². The Kier molecular flexibility index (Phi) is 1.94. The summed E-state index contributed by atoms with van der Waals surface area (Å²) >= 11 is 0. The van der Waals surface area contributed by atoms with Crippen LogP contribution in [0, 0.1) is 0 Å². The van der Waals surface area contributed by atoms with Gasteiger partial charge in [-0.05, 0) is 18.2 Å². The average molecular weight is 228 g/mol. The lowest BCUT2D eigenvalue weighted by Gasteiger charge is -1.95. The molecular weight excluding hydrogens is 220 g/mol. The molecule has 0 saturated carbocycles. The number of hydrogen-bond donors (Lipinski definition) is 3. The van der Waals surface area contributed by atoms with E-state index in [4.69, 9.17) is 5.11 Å². The molecule has 0 aliphatic carbocycles.